The van der Waals surface area contributed by atoms with Gasteiger partial charge >= 0.3 is 12.2 Å². The van der Waals surface area contributed by atoms with Gasteiger partial charge in [0.1, 0.15) is 17.5 Å². The van der Waals surface area contributed by atoms with Gasteiger partial charge in [-0.25, -0.2) is 27.5 Å². The van der Waals surface area contributed by atoms with Crippen molar-refractivity contribution in [2.75, 3.05) is 34.6 Å². The molecule has 0 radical (unpaired) electrons. The van der Waals surface area contributed by atoms with E-state index in [1.54, 1.807) is 31.3 Å². The third kappa shape index (κ3) is 7.05. The van der Waals surface area contributed by atoms with Gasteiger partial charge in [-0.2, -0.15) is 18.2 Å². The smallest absolute Gasteiger partial charge is 0.372 e. The van der Waals surface area contributed by atoms with Crippen molar-refractivity contribution in [2.24, 2.45) is 0 Å². The molecule has 0 fully saturated rings. The van der Waals surface area contributed by atoms with Gasteiger partial charge < -0.3 is 21.3 Å². The van der Waals surface area contributed by atoms with Gasteiger partial charge in [-0.3, -0.25) is 0 Å². The first-order valence-corrected chi connectivity index (χ1v) is 13.6. The Morgan fingerprint density at radius 1 is 0.951 bits per heavy atom. The van der Waals surface area contributed by atoms with E-state index in [4.69, 9.17) is 4.78 Å². The molecule has 0 spiro atoms. The van der Waals surface area contributed by atoms with E-state index in [0.29, 0.717) is 45.7 Å². The molecule has 0 saturated carbocycles. The highest BCUT2D eigenvalue weighted by Crippen LogP contribution is 2.33. The number of benzene rings is 3. The third-order valence-corrected chi connectivity index (χ3v) is 6.79. The van der Waals surface area contributed by atoms with E-state index in [-0.39, 0.29) is 11.6 Å². The molecule has 0 aliphatic rings. The molecule has 41 heavy (non-hydrogen) atoms. The van der Waals surface area contributed by atoms with E-state index >= 15 is 0 Å². The summed E-state index contributed by atoms with van der Waals surface area (Å²) >= 11 is 0. The molecule has 1 heterocycles. The Bertz CT molecular complexity index is 1730. The molecule has 15 heteroatoms. The van der Waals surface area contributed by atoms with Crippen LogP contribution in [0.15, 0.2) is 71.8 Å². The van der Waals surface area contributed by atoms with E-state index in [0.717, 1.165) is 6.07 Å². The molecule has 9 nitrogen and oxygen atoms in total. The van der Waals surface area contributed by atoms with Crippen LogP contribution in [0.3, 0.4) is 0 Å². The Balaban J connectivity index is 1.51. The number of anilines is 5. The van der Waals surface area contributed by atoms with E-state index in [1.165, 1.54) is 24.6 Å². The van der Waals surface area contributed by atoms with Gasteiger partial charge in [-0.05, 0) is 54.1 Å². The van der Waals surface area contributed by atoms with Crippen molar-refractivity contribution in [1.82, 2.24) is 9.97 Å². The first-order chi connectivity index (χ1) is 19.2. The van der Waals surface area contributed by atoms with E-state index in [9.17, 15) is 31.0 Å². The molecule has 4 aromatic rings. The molecule has 1 aromatic heterocycles. The summed E-state index contributed by atoms with van der Waals surface area (Å²) in [5.74, 6) is -1.51. The number of hydrogen-bond acceptors (Lipinski definition) is 7. The fourth-order valence-electron chi connectivity index (χ4n) is 3.65. The minimum Gasteiger partial charge on any atom is -0.372 e. The average molecular weight is 592 g/mol. The highest BCUT2D eigenvalue weighted by Gasteiger charge is 2.31. The number of nitrogens with one attached hydrogen (secondary N) is 5. The topological polar surface area (TPSA) is 132 Å². The van der Waals surface area contributed by atoms with Crippen LogP contribution in [0.5, 0.6) is 0 Å². The fraction of sp³-hybridized carbons (Fsp3) is 0.115. The first-order valence-electron chi connectivity index (χ1n) is 11.6. The number of amides is 2. The van der Waals surface area contributed by atoms with Crippen LogP contribution in [0, 0.1) is 16.4 Å². The predicted molar refractivity (Wildman–Crippen MR) is 146 cm³/mol. The number of nitrogens with zero attached hydrogens (tertiary/aromatic N) is 2. The van der Waals surface area contributed by atoms with Crippen LogP contribution in [0.2, 0.25) is 0 Å². The van der Waals surface area contributed by atoms with E-state index in [2.05, 4.69) is 25.9 Å². The monoisotopic (exact) mass is 591 g/mol. The molecule has 0 saturated heterocycles. The molecule has 1 unspecified atom stereocenters. The predicted octanol–water partition coefficient (Wildman–Crippen LogP) is 6.91. The summed E-state index contributed by atoms with van der Waals surface area (Å²) in [5, 5.41) is 9.93. The van der Waals surface area contributed by atoms with Crippen molar-refractivity contribution in [3.05, 3.63) is 84.1 Å². The largest absolute Gasteiger partial charge is 0.416 e. The molecule has 1 atom stereocenters. The van der Waals surface area contributed by atoms with Crippen molar-refractivity contribution in [3.63, 3.8) is 0 Å². The quantitative estimate of drug-likeness (QED) is 0.149. The van der Waals surface area contributed by atoms with Gasteiger partial charge in [0.2, 0.25) is 5.95 Å². The second kappa shape index (κ2) is 11.4. The SMILES string of the molecule is CNc1nc(Nc2cccc(S(C)(=N)=O)c2)ncc1-c1ccc(NC(=O)Nc2cc(C(F)(F)F)ccc2F)c(F)c1. The Kier molecular flexibility index (Phi) is 8.10. The molecule has 2 amide bonds. The van der Waals surface area contributed by atoms with Crippen LogP contribution in [-0.4, -0.2) is 33.5 Å². The van der Waals surface area contributed by atoms with Crippen LogP contribution < -0.4 is 21.3 Å². The Labute approximate surface area is 231 Å². The van der Waals surface area contributed by atoms with Gasteiger partial charge in [-0.15, -0.1) is 0 Å². The molecule has 0 aliphatic heterocycles. The van der Waals surface area contributed by atoms with Crippen LogP contribution >= 0.6 is 0 Å². The second-order valence-electron chi connectivity index (χ2n) is 8.67. The Morgan fingerprint density at radius 2 is 1.68 bits per heavy atom. The number of hydrogen-bond donors (Lipinski definition) is 5. The normalized spacial score (nSPS) is 12.8. The molecular formula is C26H22F5N7O2S. The summed E-state index contributed by atoms with van der Waals surface area (Å²) < 4.78 is 87.3. The second-order valence-corrected chi connectivity index (χ2v) is 10.8. The molecule has 0 aliphatic carbocycles. The first kappa shape index (κ1) is 29.2. The number of aromatic nitrogens is 2. The van der Waals surface area contributed by atoms with Crippen molar-refractivity contribution in [1.29, 1.82) is 4.78 Å². The van der Waals surface area contributed by atoms with Crippen LogP contribution in [-0.2, 0) is 15.9 Å². The lowest BCUT2D eigenvalue weighted by Crippen LogP contribution is -2.21. The minimum absolute atomic E-state index is 0.167. The molecule has 4 rings (SSSR count). The lowest BCUT2D eigenvalue weighted by molar-refractivity contribution is -0.137. The number of urea groups is 1. The van der Waals surface area contributed by atoms with Crippen LogP contribution in [0.1, 0.15) is 5.56 Å². The number of carbonyl (C=O) groups is 1. The summed E-state index contributed by atoms with van der Waals surface area (Å²) in [6.45, 7) is 0. The van der Waals surface area contributed by atoms with Crippen molar-refractivity contribution in [3.8, 4) is 11.1 Å². The van der Waals surface area contributed by atoms with E-state index in [1.807, 2.05) is 5.32 Å². The minimum atomic E-state index is -4.75. The number of rotatable bonds is 7. The van der Waals surface area contributed by atoms with Gasteiger partial charge in [-0.1, -0.05) is 12.1 Å². The van der Waals surface area contributed by atoms with Crippen molar-refractivity contribution in [2.45, 2.75) is 11.1 Å². The Morgan fingerprint density at radius 3 is 2.34 bits per heavy atom. The fourth-order valence-corrected chi connectivity index (χ4v) is 4.34. The zero-order valence-electron chi connectivity index (χ0n) is 21.4. The van der Waals surface area contributed by atoms with Crippen molar-refractivity contribution >= 4 is 44.6 Å². The van der Waals surface area contributed by atoms with Gasteiger partial charge in [0.25, 0.3) is 0 Å². The number of alkyl halides is 3. The maximum atomic E-state index is 14.9. The zero-order chi connectivity index (χ0) is 29.9. The van der Waals surface area contributed by atoms with Crippen LogP contribution in [0.4, 0.5) is 55.6 Å². The average Bonchev–Trinajstić information content (AvgIpc) is 2.90. The maximum Gasteiger partial charge on any atom is 0.416 e. The summed E-state index contributed by atoms with van der Waals surface area (Å²) in [4.78, 5) is 21.2. The summed E-state index contributed by atoms with van der Waals surface area (Å²) in [6, 6.07) is 10.6. The van der Waals surface area contributed by atoms with Gasteiger partial charge in [0, 0.05) is 35.6 Å². The standard InChI is InChI=1S/C26H22F5N7O2S/c1-33-23-18(13-34-24(38-23)35-16-4-3-5-17(12-16)41(2,32)40)14-6-9-21(20(28)10-14)36-25(39)37-22-11-15(26(29,30)31)7-8-19(22)27/h3-13,32H,1-2H3,(H2,36,37,39)(H2,33,34,35,38). The molecule has 0 bridgehead atoms. The summed E-state index contributed by atoms with van der Waals surface area (Å²) in [7, 11) is -1.34. The zero-order valence-corrected chi connectivity index (χ0v) is 22.2. The molecule has 5 N–H and O–H groups in total. The summed E-state index contributed by atoms with van der Waals surface area (Å²) in [6.07, 6.45) is -2.02. The lowest BCUT2D eigenvalue weighted by Gasteiger charge is -2.14. The molecular weight excluding hydrogens is 569 g/mol. The molecule has 3 aromatic carbocycles. The van der Waals surface area contributed by atoms with E-state index < -0.39 is 44.8 Å². The van der Waals surface area contributed by atoms with Crippen molar-refractivity contribution < 1.29 is 31.0 Å². The van der Waals surface area contributed by atoms with Gasteiger partial charge in [0.05, 0.1) is 26.7 Å². The Hall–Kier alpha value is -4.79. The number of halogens is 5. The highest BCUT2D eigenvalue weighted by molar-refractivity contribution is 7.91. The number of carbonyl (C=O) groups excluding carboxylic acids is 1. The highest BCUT2D eigenvalue weighted by atomic mass is 32.2. The third-order valence-electron chi connectivity index (χ3n) is 5.64. The maximum absolute atomic E-state index is 14.9. The lowest BCUT2D eigenvalue weighted by atomic mass is 10.1. The van der Waals surface area contributed by atoms with Gasteiger partial charge in [0.15, 0.2) is 0 Å². The van der Waals surface area contributed by atoms with Crippen LogP contribution in [0.25, 0.3) is 11.1 Å². The molecule has 214 valence electrons. The summed E-state index contributed by atoms with van der Waals surface area (Å²) in [5.41, 5.74) is -0.977.